The van der Waals surface area contributed by atoms with Gasteiger partial charge in [0, 0.05) is 17.1 Å². The van der Waals surface area contributed by atoms with Gasteiger partial charge in [-0.15, -0.1) is 11.3 Å². The van der Waals surface area contributed by atoms with Crippen molar-refractivity contribution in [2.75, 3.05) is 18.2 Å². The summed E-state index contributed by atoms with van der Waals surface area (Å²) in [6.07, 6.45) is 0. The summed E-state index contributed by atoms with van der Waals surface area (Å²) in [5.41, 5.74) is 7.19. The first-order valence-electron chi connectivity index (χ1n) is 5.27. The number of amides is 1. The number of thiazole rings is 1. The summed E-state index contributed by atoms with van der Waals surface area (Å²) in [4.78, 5) is 16.0. The Morgan fingerprint density at radius 2 is 2.28 bits per heavy atom. The van der Waals surface area contributed by atoms with Gasteiger partial charge in [-0.1, -0.05) is 0 Å². The third-order valence-electron chi connectivity index (χ3n) is 2.33. The molecule has 1 aromatic heterocycles. The molecule has 0 unspecified atom stereocenters. The van der Waals surface area contributed by atoms with Crippen LogP contribution in [0.25, 0.3) is 0 Å². The zero-order valence-electron chi connectivity index (χ0n) is 10.1. The van der Waals surface area contributed by atoms with Gasteiger partial charge < -0.3 is 15.8 Å². The topological polar surface area (TPSA) is 77.2 Å². The van der Waals surface area contributed by atoms with E-state index < -0.39 is 0 Å². The number of carbonyl (C=O) groups is 1. The fourth-order valence-corrected chi connectivity index (χ4v) is 2.06. The van der Waals surface area contributed by atoms with Gasteiger partial charge in [0.1, 0.15) is 11.4 Å². The van der Waals surface area contributed by atoms with Gasteiger partial charge in [0.25, 0.3) is 5.91 Å². The number of benzene rings is 1. The second-order valence-corrected chi connectivity index (χ2v) is 4.73. The van der Waals surface area contributed by atoms with Crippen LogP contribution in [0.2, 0.25) is 0 Å². The van der Waals surface area contributed by atoms with Gasteiger partial charge in [-0.05, 0) is 19.1 Å². The normalized spacial score (nSPS) is 10.1. The van der Waals surface area contributed by atoms with E-state index >= 15 is 0 Å². The Balaban J connectivity index is 2.21. The Morgan fingerprint density at radius 3 is 2.89 bits per heavy atom. The largest absolute Gasteiger partial charge is 0.494 e. The van der Waals surface area contributed by atoms with Gasteiger partial charge in [-0.25, -0.2) is 4.98 Å². The molecule has 5 nitrogen and oxygen atoms in total. The molecule has 0 aliphatic heterocycles. The van der Waals surface area contributed by atoms with Crippen molar-refractivity contribution in [3.05, 3.63) is 34.3 Å². The van der Waals surface area contributed by atoms with E-state index in [-0.39, 0.29) is 5.91 Å². The monoisotopic (exact) mass is 263 g/mol. The van der Waals surface area contributed by atoms with Gasteiger partial charge in [0.15, 0.2) is 0 Å². The van der Waals surface area contributed by atoms with Crippen molar-refractivity contribution in [1.29, 1.82) is 0 Å². The molecule has 1 amide bonds. The van der Waals surface area contributed by atoms with E-state index in [2.05, 4.69) is 10.3 Å². The van der Waals surface area contributed by atoms with Crippen LogP contribution >= 0.6 is 11.3 Å². The highest BCUT2D eigenvalue weighted by atomic mass is 32.1. The number of ether oxygens (including phenoxy) is 1. The molecule has 3 N–H and O–H groups in total. The van der Waals surface area contributed by atoms with Crippen molar-refractivity contribution in [3.8, 4) is 5.75 Å². The quantitative estimate of drug-likeness (QED) is 0.833. The molecule has 6 heteroatoms. The standard InChI is InChI=1S/C12H13N3O2S/c1-7-14-10(6-18-7)12(16)15-9-4-3-8(13)5-11(9)17-2/h3-6H,13H2,1-2H3,(H,15,16). The van der Waals surface area contributed by atoms with Gasteiger partial charge >= 0.3 is 0 Å². The lowest BCUT2D eigenvalue weighted by Crippen LogP contribution is -2.13. The fraction of sp³-hybridized carbons (Fsp3) is 0.167. The maximum atomic E-state index is 11.9. The Morgan fingerprint density at radius 1 is 1.50 bits per heavy atom. The number of nitrogens with two attached hydrogens (primary N) is 1. The molecular weight excluding hydrogens is 250 g/mol. The maximum absolute atomic E-state index is 11.9. The van der Waals surface area contributed by atoms with Crippen LogP contribution in [0, 0.1) is 6.92 Å². The first-order chi connectivity index (χ1) is 8.60. The third-order valence-corrected chi connectivity index (χ3v) is 3.10. The van der Waals surface area contributed by atoms with Crippen LogP contribution < -0.4 is 15.8 Å². The van der Waals surface area contributed by atoms with Gasteiger partial charge in [-0.3, -0.25) is 4.79 Å². The molecule has 0 atom stereocenters. The van der Waals surface area contributed by atoms with E-state index in [0.29, 0.717) is 22.8 Å². The summed E-state index contributed by atoms with van der Waals surface area (Å²) < 4.78 is 5.16. The number of nitrogen functional groups attached to an aromatic ring is 1. The van der Waals surface area contributed by atoms with Crippen LogP contribution in [-0.2, 0) is 0 Å². The molecule has 0 aliphatic rings. The van der Waals surface area contributed by atoms with Crippen molar-refractivity contribution in [2.45, 2.75) is 6.92 Å². The summed E-state index contributed by atoms with van der Waals surface area (Å²) in [6.45, 7) is 1.85. The van der Waals surface area contributed by atoms with Crippen LogP contribution in [-0.4, -0.2) is 18.0 Å². The van der Waals surface area contributed by atoms with E-state index in [1.54, 1.807) is 23.6 Å². The van der Waals surface area contributed by atoms with E-state index in [1.165, 1.54) is 18.4 Å². The minimum atomic E-state index is -0.262. The molecule has 1 aromatic carbocycles. The fourth-order valence-electron chi connectivity index (χ4n) is 1.47. The molecule has 18 heavy (non-hydrogen) atoms. The van der Waals surface area contributed by atoms with Crippen molar-refractivity contribution in [3.63, 3.8) is 0 Å². The number of nitrogens with zero attached hydrogens (tertiary/aromatic N) is 1. The number of anilines is 2. The molecule has 0 fully saturated rings. The molecule has 0 saturated heterocycles. The first-order valence-corrected chi connectivity index (χ1v) is 6.15. The van der Waals surface area contributed by atoms with E-state index in [0.717, 1.165) is 5.01 Å². The molecule has 0 radical (unpaired) electrons. The van der Waals surface area contributed by atoms with E-state index in [9.17, 15) is 4.79 Å². The minimum absolute atomic E-state index is 0.262. The molecule has 2 rings (SSSR count). The number of rotatable bonds is 3. The third kappa shape index (κ3) is 2.60. The van der Waals surface area contributed by atoms with Crippen LogP contribution in [0.5, 0.6) is 5.75 Å². The van der Waals surface area contributed by atoms with Crippen LogP contribution in [0.4, 0.5) is 11.4 Å². The van der Waals surface area contributed by atoms with E-state index in [4.69, 9.17) is 10.5 Å². The smallest absolute Gasteiger partial charge is 0.275 e. The molecule has 0 bridgehead atoms. The number of hydrogen-bond donors (Lipinski definition) is 2. The lowest BCUT2D eigenvalue weighted by Gasteiger charge is -2.09. The molecule has 2 aromatic rings. The zero-order chi connectivity index (χ0) is 13.1. The summed E-state index contributed by atoms with van der Waals surface area (Å²) in [7, 11) is 1.53. The Kier molecular flexibility index (Phi) is 3.47. The SMILES string of the molecule is COc1cc(N)ccc1NC(=O)c1csc(C)n1. The predicted molar refractivity (Wildman–Crippen MR) is 72.2 cm³/mol. The molecule has 1 heterocycles. The highest BCUT2D eigenvalue weighted by Gasteiger charge is 2.12. The number of carbonyl (C=O) groups excluding carboxylic acids is 1. The molecule has 0 aliphatic carbocycles. The average molecular weight is 263 g/mol. The first kappa shape index (κ1) is 12.4. The maximum Gasteiger partial charge on any atom is 0.275 e. The average Bonchev–Trinajstić information content (AvgIpc) is 2.78. The second kappa shape index (κ2) is 5.05. The minimum Gasteiger partial charge on any atom is -0.494 e. The highest BCUT2D eigenvalue weighted by Crippen LogP contribution is 2.27. The van der Waals surface area contributed by atoms with Gasteiger partial charge in [-0.2, -0.15) is 0 Å². The van der Waals surface area contributed by atoms with Crippen LogP contribution in [0.15, 0.2) is 23.6 Å². The summed E-state index contributed by atoms with van der Waals surface area (Å²) >= 11 is 1.43. The van der Waals surface area contributed by atoms with Crippen molar-refractivity contribution < 1.29 is 9.53 Å². The summed E-state index contributed by atoms with van der Waals surface area (Å²) in [5, 5.41) is 5.31. The van der Waals surface area contributed by atoms with Crippen molar-refractivity contribution >= 4 is 28.6 Å². The second-order valence-electron chi connectivity index (χ2n) is 3.67. The van der Waals surface area contributed by atoms with Crippen molar-refractivity contribution in [1.82, 2.24) is 4.98 Å². The lowest BCUT2D eigenvalue weighted by atomic mass is 10.2. The summed E-state index contributed by atoms with van der Waals surface area (Å²) in [5.74, 6) is 0.262. The summed E-state index contributed by atoms with van der Waals surface area (Å²) in [6, 6.07) is 5.05. The van der Waals surface area contributed by atoms with Gasteiger partial charge in [0.2, 0.25) is 0 Å². The highest BCUT2D eigenvalue weighted by molar-refractivity contribution is 7.09. The number of aryl methyl sites for hydroxylation is 1. The number of aromatic nitrogens is 1. The molecule has 94 valence electrons. The zero-order valence-corrected chi connectivity index (χ0v) is 10.9. The molecule has 0 spiro atoms. The Labute approximate surface area is 109 Å². The van der Waals surface area contributed by atoms with E-state index in [1.807, 2.05) is 6.92 Å². The van der Waals surface area contributed by atoms with Crippen molar-refractivity contribution in [2.24, 2.45) is 0 Å². The van der Waals surface area contributed by atoms with Crippen LogP contribution in [0.1, 0.15) is 15.5 Å². The molecular formula is C12H13N3O2S. The molecule has 0 saturated carbocycles. The number of nitrogens with one attached hydrogen (secondary N) is 1. The number of methoxy groups -OCH3 is 1. The number of hydrogen-bond acceptors (Lipinski definition) is 5. The Bertz CT molecular complexity index is 580. The predicted octanol–water partition coefficient (Wildman–Crippen LogP) is 2.29. The van der Waals surface area contributed by atoms with Crippen LogP contribution in [0.3, 0.4) is 0 Å². The Hall–Kier alpha value is -2.08. The lowest BCUT2D eigenvalue weighted by molar-refractivity contribution is 0.102. The van der Waals surface area contributed by atoms with Gasteiger partial charge in [0.05, 0.1) is 17.8 Å².